The van der Waals surface area contributed by atoms with Gasteiger partial charge in [-0.25, -0.2) is 0 Å². The highest BCUT2D eigenvalue weighted by Crippen LogP contribution is 2.43. The van der Waals surface area contributed by atoms with E-state index in [1.807, 2.05) is 0 Å². The van der Waals surface area contributed by atoms with Crippen molar-refractivity contribution in [3.8, 4) is 50.2 Å². The predicted molar refractivity (Wildman–Crippen MR) is 203 cm³/mol. The van der Waals surface area contributed by atoms with Crippen LogP contribution in [0.15, 0.2) is 176 Å². The summed E-state index contributed by atoms with van der Waals surface area (Å²) in [6.45, 7) is 0. The molecule has 0 bridgehead atoms. The van der Waals surface area contributed by atoms with Gasteiger partial charge in [0.05, 0.1) is 11.2 Å². The third-order valence-corrected chi connectivity index (χ3v) is 11.5. The average molecular weight is 619 g/mol. The van der Waals surface area contributed by atoms with Crippen LogP contribution in [-0.2, 0) is 6.26 Å². The summed E-state index contributed by atoms with van der Waals surface area (Å²) in [6.07, 6.45) is 4.69. The summed E-state index contributed by atoms with van der Waals surface area (Å²) in [6, 6.07) is 62.0. The van der Waals surface area contributed by atoms with Crippen molar-refractivity contribution >= 4 is 41.5 Å². The molecule has 1 nitrogen and oxygen atoms in total. The van der Waals surface area contributed by atoms with Crippen LogP contribution in [0.25, 0.3) is 81.3 Å². The summed E-state index contributed by atoms with van der Waals surface area (Å²) in [4.78, 5) is 0. The zero-order valence-corrected chi connectivity index (χ0v) is 26.9. The molecule has 0 aliphatic heterocycles. The van der Waals surface area contributed by atoms with Crippen LogP contribution < -0.4 is 0 Å². The van der Waals surface area contributed by atoms with E-state index in [1.54, 1.807) is 0 Å². The minimum Gasteiger partial charge on any atom is -0.316 e. The van der Waals surface area contributed by atoms with Gasteiger partial charge in [0.15, 0.2) is 9.40 Å². The van der Waals surface area contributed by atoms with Gasteiger partial charge in [-0.05, 0) is 85.8 Å². The monoisotopic (exact) mass is 618 g/mol. The third kappa shape index (κ3) is 4.77. The number of fused-ring (bicyclic) bond motifs is 4. The van der Waals surface area contributed by atoms with E-state index in [-0.39, 0.29) is 10.5 Å². The Hall–Kier alpha value is -5.70. The highest BCUT2D eigenvalue weighted by molar-refractivity contribution is 7.41. The molecule has 0 aliphatic rings. The maximum absolute atomic E-state index is 2.41. The van der Waals surface area contributed by atoms with Gasteiger partial charge in [-0.15, -0.1) is 0 Å². The molecule has 2 heterocycles. The number of benzene rings is 7. The van der Waals surface area contributed by atoms with E-state index in [4.69, 9.17) is 0 Å². The van der Waals surface area contributed by atoms with Crippen molar-refractivity contribution in [1.29, 1.82) is 0 Å². The van der Waals surface area contributed by atoms with E-state index in [0.717, 1.165) is 0 Å². The van der Waals surface area contributed by atoms with Gasteiger partial charge in [-0.3, -0.25) is 0 Å². The molecule has 2 heteroatoms. The number of hydrogen-bond acceptors (Lipinski definition) is 0. The van der Waals surface area contributed by atoms with E-state index >= 15 is 0 Å². The molecule has 0 saturated carbocycles. The Morgan fingerprint density at radius 3 is 1.55 bits per heavy atom. The molecule has 7 aromatic carbocycles. The Kier molecular flexibility index (Phi) is 6.62. The number of nitrogens with zero attached hydrogens (tertiary/aromatic N) is 1. The van der Waals surface area contributed by atoms with Gasteiger partial charge in [-0.2, -0.15) is 0 Å². The number of thiophene rings is 1. The summed E-state index contributed by atoms with van der Waals surface area (Å²) in [7, 11) is 0.0515. The number of rotatable bonds is 5. The highest BCUT2D eigenvalue weighted by atomic mass is 32.2. The summed E-state index contributed by atoms with van der Waals surface area (Å²) >= 11 is 0. The molecule has 2 aromatic heterocycles. The summed E-state index contributed by atoms with van der Waals surface area (Å²) in [5.41, 5.74) is 12.2. The topological polar surface area (TPSA) is 4.93 Å². The zero-order chi connectivity index (χ0) is 31.3. The molecule has 0 radical (unpaired) electrons. The molecule has 0 amide bonds. The zero-order valence-electron chi connectivity index (χ0n) is 26.1. The highest BCUT2D eigenvalue weighted by Gasteiger charge is 2.20. The minimum atomic E-state index is 0.0515. The first kappa shape index (κ1) is 27.6. The largest absolute Gasteiger partial charge is 0.316 e. The number of aryl methyl sites for hydroxylation is 1. The molecule has 222 valence electrons. The molecule has 9 rings (SSSR count). The fourth-order valence-corrected chi connectivity index (χ4v) is 8.86. The fraction of sp³-hybridized carbons (Fsp3) is 0.0222. The maximum atomic E-state index is 2.41. The van der Waals surface area contributed by atoms with Gasteiger partial charge in [-0.1, -0.05) is 127 Å². The molecular formula is C45H32NS+. The first-order chi connectivity index (χ1) is 23.2. The summed E-state index contributed by atoms with van der Waals surface area (Å²) in [5, 5.41) is 3.99. The summed E-state index contributed by atoms with van der Waals surface area (Å²) in [5.74, 6) is 0. The predicted octanol–water partition coefficient (Wildman–Crippen LogP) is 12.9. The van der Waals surface area contributed by atoms with Gasteiger partial charge in [0.25, 0.3) is 0 Å². The molecule has 47 heavy (non-hydrogen) atoms. The molecule has 1 atom stereocenters. The van der Waals surface area contributed by atoms with Crippen molar-refractivity contribution in [2.75, 3.05) is 0 Å². The van der Waals surface area contributed by atoms with Gasteiger partial charge in [0.1, 0.15) is 6.26 Å². The van der Waals surface area contributed by atoms with Gasteiger partial charge < -0.3 is 4.57 Å². The van der Waals surface area contributed by atoms with Crippen molar-refractivity contribution in [2.45, 2.75) is 0 Å². The van der Waals surface area contributed by atoms with E-state index in [2.05, 4.69) is 187 Å². The van der Waals surface area contributed by atoms with Crippen molar-refractivity contribution < 1.29 is 0 Å². The van der Waals surface area contributed by atoms with Crippen molar-refractivity contribution in [3.05, 3.63) is 176 Å². The van der Waals surface area contributed by atoms with Crippen LogP contribution in [0.2, 0.25) is 0 Å². The van der Waals surface area contributed by atoms with Crippen molar-refractivity contribution in [3.63, 3.8) is 0 Å². The molecule has 1 unspecified atom stereocenters. The second-order valence-corrected chi connectivity index (χ2v) is 14.1. The van der Waals surface area contributed by atoms with E-state index in [9.17, 15) is 0 Å². The first-order valence-electron chi connectivity index (χ1n) is 16.1. The van der Waals surface area contributed by atoms with Crippen LogP contribution in [0.1, 0.15) is 0 Å². The Bertz CT molecular complexity index is 2540. The van der Waals surface area contributed by atoms with Gasteiger partial charge >= 0.3 is 0 Å². The molecular weight excluding hydrogens is 587 g/mol. The minimum absolute atomic E-state index is 0.0515. The molecule has 0 saturated heterocycles. The lowest BCUT2D eigenvalue weighted by Crippen LogP contribution is -1.91. The lowest BCUT2D eigenvalue weighted by Gasteiger charge is -2.08. The molecule has 0 N–H and O–H groups in total. The lowest BCUT2D eigenvalue weighted by molar-refractivity contribution is 1.13. The van der Waals surface area contributed by atoms with Crippen LogP contribution in [0.3, 0.4) is 0 Å². The summed E-state index contributed by atoms with van der Waals surface area (Å²) < 4.78 is 5.26. The Balaban J connectivity index is 1.19. The fourth-order valence-electron chi connectivity index (χ4n) is 7.02. The Labute approximate surface area is 277 Å². The first-order valence-corrected chi connectivity index (χ1v) is 17.7. The molecule has 0 fully saturated rings. The third-order valence-electron chi connectivity index (χ3n) is 9.51. The molecule has 0 aliphatic carbocycles. The van der Waals surface area contributed by atoms with Crippen LogP contribution in [0.4, 0.5) is 0 Å². The maximum Gasteiger partial charge on any atom is 0.183 e. The van der Waals surface area contributed by atoms with Gasteiger partial charge in [0.2, 0.25) is 0 Å². The van der Waals surface area contributed by atoms with Crippen LogP contribution in [0.5, 0.6) is 0 Å². The second-order valence-electron chi connectivity index (χ2n) is 12.2. The average Bonchev–Trinajstić information content (AvgIpc) is 3.67. The number of hydrogen-bond donors (Lipinski definition) is 0. The van der Waals surface area contributed by atoms with E-state index < -0.39 is 0 Å². The van der Waals surface area contributed by atoms with Crippen LogP contribution >= 0.6 is 10.5 Å². The van der Waals surface area contributed by atoms with E-state index in [0.29, 0.717) is 0 Å². The standard InChI is InChI=1S/C45H32NS/c1-47-44-15-9-8-14-39(44)40-26-25-38(29-45(40)47)46-30-42(36-22-20-34(21-23-36)32-12-6-3-7-13-32)41-28-37(24-27-43(41)46)35-18-16-33(17-19-35)31-10-4-2-5-11-31/h2-30H,1H3/q+1. The lowest BCUT2D eigenvalue weighted by atomic mass is 9.97. The quantitative estimate of drug-likeness (QED) is 0.169. The molecule has 9 aromatic rings. The van der Waals surface area contributed by atoms with Crippen LogP contribution in [-0.4, -0.2) is 4.57 Å². The molecule has 0 spiro atoms. The Morgan fingerprint density at radius 1 is 0.383 bits per heavy atom. The van der Waals surface area contributed by atoms with Crippen molar-refractivity contribution in [2.24, 2.45) is 6.26 Å². The second kappa shape index (κ2) is 11.3. The Morgan fingerprint density at radius 2 is 0.894 bits per heavy atom. The normalized spacial score (nSPS) is 11.9. The van der Waals surface area contributed by atoms with E-state index in [1.165, 1.54) is 81.3 Å². The van der Waals surface area contributed by atoms with Crippen LogP contribution in [0, 0.1) is 0 Å². The number of aromatic nitrogens is 1. The van der Waals surface area contributed by atoms with Gasteiger partial charge in [0, 0.05) is 34.0 Å². The SMILES string of the molecule is C[s+]1c2ccccc2c2ccc(-n3cc(-c4ccc(-c5ccccc5)cc4)c4cc(-c5ccc(-c6ccccc6)cc5)ccc43)cc21. The van der Waals surface area contributed by atoms with Crippen molar-refractivity contribution in [1.82, 2.24) is 4.57 Å². The smallest absolute Gasteiger partial charge is 0.183 e.